The van der Waals surface area contributed by atoms with E-state index in [0.29, 0.717) is 23.1 Å². The maximum Gasteiger partial charge on any atom is 0.265 e. The van der Waals surface area contributed by atoms with Crippen molar-refractivity contribution >= 4 is 22.4 Å². The molecule has 1 saturated heterocycles. The number of amides is 1. The minimum Gasteiger partial charge on any atom is -0.490 e. The summed E-state index contributed by atoms with van der Waals surface area (Å²) in [6.07, 6.45) is 2.57. The van der Waals surface area contributed by atoms with E-state index in [-0.39, 0.29) is 12.0 Å². The zero-order valence-electron chi connectivity index (χ0n) is 14.1. The van der Waals surface area contributed by atoms with Crippen LogP contribution in [0.1, 0.15) is 40.7 Å². The highest BCUT2D eigenvalue weighted by Crippen LogP contribution is 2.26. The van der Waals surface area contributed by atoms with Crippen molar-refractivity contribution in [3.8, 4) is 5.75 Å². The van der Waals surface area contributed by atoms with E-state index in [2.05, 4.69) is 18.0 Å². The Balaban J connectivity index is 1.60. The van der Waals surface area contributed by atoms with Gasteiger partial charge in [0.15, 0.2) is 5.13 Å². The van der Waals surface area contributed by atoms with Crippen LogP contribution < -0.4 is 10.5 Å². The summed E-state index contributed by atoms with van der Waals surface area (Å²) in [6.45, 7) is 5.45. The topological polar surface area (TPSA) is 68.5 Å². The van der Waals surface area contributed by atoms with Crippen molar-refractivity contribution < 1.29 is 9.53 Å². The molecule has 2 heterocycles. The summed E-state index contributed by atoms with van der Waals surface area (Å²) < 4.78 is 6.10. The van der Waals surface area contributed by atoms with Crippen LogP contribution in [0.15, 0.2) is 24.3 Å². The van der Waals surface area contributed by atoms with Crippen LogP contribution >= 0.6 is 11.3 Å². The fourth-order valence-corrected chi connectivity index (χ4v) is 3.85. The van der Waals surface area contributed by atoms with Crippen molar-refractivity contribution in [2.75, 3.05) is 18.8 Å². The van der Waals surface area contributed by atoms with Crippen molar-refractivity contribution in [3.63, 3.8) is 0 Å². The smallest absolute Gasteiger partial charge is 0.265 e. The standard InChI is InChI=1S/C18H23N3O2S/c1-3-14-16(24-18(19)20-14)17(22)21-10-8-13(9-11-21)23-15-7-5-4-6-12(15)2/h4-7,13H,3,8-11H2,1-2H3,(H2,19,20). The van der Waals surface area contributed by atoms with Gasteiger partial charge in [-0.05, 0) is 25.0 Å². The molecule has 0 aliphatic carbocycles. The highest BCUT2D eigenvalue weighted by atomic mass is 32.1. The highest BCUT2D eigenvalue weighted by Gasteiger charge is 2.27. The van der Waals surface area contributed by atoms with E-state index in [1.54, 1.807) is 0 Å². The Morgan fingerprint density at radius 2 is 2.08 bits per heavy atom. The summed E-state index contributed by atoms with van der Waals surface area (Å²) in [4.78, 5) is 19.5. The molecule has 128 valence electrons. The average molecular weight is 345 g/mol. The van der Waals surface area contributed by atoms with Crippen molar-refractivity contribution in [2.45, 2.75) is 39.2 Å². The average Bonchev–Trinajstić information content (AvgIpc) is 2.98. The van der Waals surface area contributed by atoms with Gasteiger partial charge in [-0.2, -0.15) is 0 Å². The summed E-state index contributed by atoms with van der Waals surface area (Å²) in [5, 5.41) is 0.466. The molecule has 2 aromatic rings. The number of hydrogen-bond donors (Lipinski definition) is 1. The number of likely N-dealkylation sites (tertiary alicyclic amines) is 1. The Morgan fingerprint density at radius 1 is 1.38 bits per heavy atom. The van der Waals surface area contributed by atoms with Crippen LogP contribution in [0.3, 0.4) is 0 Å². The van der Waals surface area contributed by atoms with Gasteiger partial charge in [0.1, 0.15) is 16.7 Å². The van der Waals surface area contributed by atoms with Gasteiger partial charge in [-0.3, -0.25) is 4.79 Å². The molecule has 1 aromatic carbocycles. The number of nitrogens with two attached hydrogens (primary N) is 1. The predicted molar refractivity (Wildman–Crippen MR) is 96.6 cm³/mol. The third-order valence-electron chi connectivity index (χ3n) is 4.36. The summed E-state index contributed by atoms with van der Waals surface area (Å²) >= 11 is 1.29. The summed E-state index contributed by atoms with van der Waals surface area (Å²) in [6, 6.07) is 8.05. The van der Waals surface area contributed by atoms with Crippen LogP contribution in [0.4, 0.5) is 5.13 Å². The molecule has 0 radical (unpaired) electrons. The molecule has 1 aliphatic rings. The number of piperidine rings is 1. The second kappa shape index (κ2) is 7.21. The van der Waals surface area contributed by atoms with E-state index in [1.807, 2.05) is 30.0 Å². The lowest BCUT2D eigenvalue weighted by atomic mass is 10.1. The maximum atomic E-state index is 12.7. The van der Waals surface area contributed by atoms with Crippen LogP contribution in [-0.4, -0.2) is 35.0 Å². The van der Waals surface area contributed by atoms with Crippen LogP contribution in [0, 0.1) is 6.92 Å². The molecule has 5 nitrogen and oxygen atoms in total. The number of hydrogen-bond acceptors (Lipinski definition) is 5. The van der Waals surface area contributed by atoms with Crippen molar-refractivity contribution in [3.05, 3.63) is 40.4 Å². The Morgan fingerprint density at radius 3 is 2.75 bits per heavy atom. The summed E-state index contributed by atoms with van der Waals surface area (Å²) in [7, 11) is 0. The number of ether oxygens (including phenoxy) is 1. The van der Waals surface area contributed by atoms with E-state index in [9.17, 15) is 4.79 Å². The first-order valence-electron chi connectivity index (χ1n) is 8.35. The third kappa shape index (κ3) is 3.53. The number of nitrogens with zero attached hydrogens (tertiary/aromatic N) is 2. The van der Waals surface area contributed by atoms with Gasteiger partial charge >= 0.3 is 0 Å². The Labute approximate surface area is 146 Å². The second-order valence-corrected chi connectivity index (χ2v) is 7.09. The third-order valence-corrected chi connectivity index (χ3v) is 5.27. The summed E-state index contributed by atoms with van der Waals surface area (Å²) in [5.74, 6) is 0.987. The Bertz CT molecular complexity index is 721. The number of benzene rings is 1. The fraction of sp³-hybridized carbons (Fsp3) is 0.444. The lowest BCUT2D eigenvalue weighted by molar-refractivity contribution is 0.0597. The van der Waals surface area contributed by atoms with Crippen LogP contribution in [0.25, 0.3) is 0 Å². The van der Waals surface area contributed by atoms with Crippen molar-refractivity contribution in [1.82, 2.24) is 9.88 Å². The number of carbonyl (C=O) groups excluding carboxylic acids is 1. The molecule has 0 unspecified atom stereocenters. The number of anilines is 1. The molecule has 1 amide bonds. The normalized spacial score (nSPS) is 15.5. The highest BCUT2D eigenvalue weighted by molar-refractivity contribution is 7.17. The van der Waals surface area contributed by atoms with Gasteiger partial charge in [0.25, 0.3) is 5.91 Å². The molecule has 6 heteroatoms. The van der Waals surface area contributed by atoms with Gasteiger partial charge < -0.3 is 15.4 Å². The van der Waals surface area contributed by atoms with Gasteiger partial charge in [0.05, 0.1) is 5.69 Å². The van der Waals surface area contributed by atoms with E-state index in [0.717, 1.165) is 36.3 Å². The number of aryl methyl sites for hydroxylation is 2. The monoisotopic (exact) mass is 345 g/mol. The minimum atomic E-state index is 0.0513. The van der Waals surface area contributed by atoms with Gasteiger partial charge in [-0.1, -0.05) is 36.5 Å². The van der Waals surface area contributed by atoms with Gasteiger partial charge in [-0.15, -0.1) is 0 Å². The lowest BCUT2D eigenvalue weighted by Gasteiger charge is -2.32. The maximum absolute atomic E-state index is 12.7. The first-order chi connectivity index (χ1) is 11.6. The molecule has 1 aromatic heterocycles. The van der Waals surface area contributed by atoms with Gasteiger partial charge in [0.2, 0.25) is 0 Å². The molecule has 2 N–H and O–H groups in total. The fourth-order valence-electron chi connectivity index (χ4n) is 2.97. The number of nitrogen functional groups attached to an aromatic ring is 1. The molecular formula is C18H23N3O2S. The van der Waals surface area contributed by atoms with E-state index in [1.165, 1.54) is 11.3 Å². The molecular weight excluding hydrogens is 322 g/mol. The molecule has 0 spiro atoms. The minimum absolute atomic E-state index is 0.0513. The van der Waals surface area contributed by atoms with E-state index in [4.69, 9.17) is 10.5 Å². The second-order valence-electron chi connectivity index (χ2n) is 6.06. The lowest BCUT2D eigenvalue weighted by Crippen LogP contribution is -2.41. The molecule has 3 rings (SSSR count). The zero-order chi connectivity index (χ0) is 17.1. The summed E-state index contributed by atoms with van der Waals surface area (Å²) in [5.41, 5.74) is 7.71. The first kappa shape index (κ1) is 16.8. The molecule has 1 aliphatic heterocycles. The number of rotatable bonds is 4. The quantitative estimate of drug-likeness (QED) is 0.923. The van der Waals surface area contributed by atoms with Crippen LogP contribution in [-0.2, 0) is 6.42 Å². The van der Waals surface area contributed by atoms with Gasteiger partial charge in [0, 0.05) is 25.9 Å². The predicted octanol–water partition coefficient (Wildman–Crippen LogP) is 3.28. The van der Waals surface area contributed by atoms with Crippen molar-refractivity contribution in [1.29, 1.82) is 0 Å². The Kier molecular flexibility index (Phi) is 5.04. The number of carbonyl (C=O) groups is 1. The zero-order valence-corrected chi connectivity index (χ0v) is 14.9. The van der Waals surface area contributed by atoms with Crippen LogP contribution in [0.2, 0.25) is 0 Å². The Hall–Kier alpha value is -2.08. The number of para-hydroxylation sites is 1. The molecule has 0 saturated carbocycles. The SMILES string of the molecule is CCc1nc(N)sc1C(=O)N1CCC(Oc2ccccc2C)CC1. The molecule has 1 fully saturated rings. The number of thiazole rings is 1. The van der Waals surface area contributed by atoms with Crippen LogP contribution in [0.5, 0.6) is 5.75 Å². The van der Waals surface area contributed by atoms with E-state index >= 15 is 0 Å². The van der Waals surface area contributed by atoms with E-state index < -0.39 is 0 Å². The molecule has 24 heavy (non-hydrogen) atoms. The molecule has 0 atom stereocenters. The number of aromatic nitrogens is 1. The first-order valence-corrected chi connectivity index (χ1v) is 9.17. The van der Waals surface area contributed by atoms with Gasteiger partial charge in [-0.25, -0.2) is 4.98 Å². The molecule has 0 bridgehead atoms. The van der Waals surface area contributed by atoms with Crippen molar-refractivity contribution in [2.24, 2.45) is 0 Å². The largest absolute Gasteiger partial charge is 0.490 e.